The Morgan fingerprint density at radius 2 is 2.08 bits per heavy atom. The first kappa shape index (κ1) is 23.4. The normalized spacial score (nSPS) is 12.5. The second kappa shape index (κ2) is 12.7. The number of thiophene rings is 1. The van der Waals surface area contributed by atoms with Gasteiger partial charge in [-0.2, -0.15) is 0 Å². The van der Waals surface area contributed by atoms with Crippen molar-refractivity contribution in [3.8, 4) is 0 Å². The summed E-state index contributed by atoms with van der Waals surface area (Å²) in [5, 5.41) is 19.1. The van der Waals surface area contributed by atoms with E-state index in [0.29, 0.717) is 29.8 Å². The molecule has 0 aromatic carbocycles. The number of aliphatic imine (C=N–C) groups is 1. The van der Waals surface area contributed by atoms with Crippen LogP contribution in [0.25, 0.3) is 0 Å². The monoisotopic (exact) mass is 488 g/mol. The number of aliphatic hydroxyl groups excluding tert-OH is 1. The molecular weight excluding hydrogens is 463 g/mol. The molecule has 0 bridgehead atoms. The number of carbonyl (C=O) groups is 1. The fourth-order valence-electron chi connectivity index (χ4n) is 1.81. The van der Waals surface area contributed by atoms with Crippen LogP contribution in [0.1, 0.15) is 38.2 Å². The lowest BCUT2D eigenvalue weighted by atomic mass is 10.3. The minimum atomic E-state index is -0.688. The quantitative estimate of drug-likeness (QED) is 0.257. The van der Waals surface area contributed by atoms with Crippen molar-refractivity contribution in [2.75, 3.05) is 19.6 Å². The minimum Gasteiger partial charge on any atom is -0.386 e. The number of nitrogens with one attached hydrogen (secondary N) is 3. The van der Waals surface area contributed by atoms with Gasteiger partial charge in [0.25, 0.3) is 0 Å². The molecule has 0 radical (unpaired) electrons. The Balaban J connectivity index is 0.00000529. The summed E-state index contributed by atoms with van der Waals surface area (Å²) < 4.78 is 0.643. The van der Waals surface area contributed by atoms with E-state index in [9.17, 15) is 9.90 Å². The predicted octanol–water partition coefficient (Wildman–Crippen LogP) is 2.52. The van der Waals surface area contributed by atoms with Crippen molar-refractivity contribution in [2.45, 2.75) is 39.3 Å². The summed E-state index contributed by atoms with van der Waals surface area (Å²) in [6.45, 7) is 7.21. The molecular formula is C15H26ClIN4O2S. The maximum absolute atomic E-state index is 11.6. The second-order valence-corrected chi connectivity index (χ2v) is 7.02. The number of guanidine groups is 1. The topological polar surface area (TPSA) is 85.8 Å². The second-order valence-electron chi connectivity index (χ2n) is 5.28. The molecule has 4 N–H and O–H groups in total. The van der Waals surface area contributed by atoms with Crippen LogP contribution in [-0.4, -0.2) is 42.6 Å². The average molecular weight is 489 g/mol. The van der Waals surface area contributed by atoms with Gasteiger partial charge in [-0.15, -0.1) is 35.3 Å². The first-order valence-electron chi connectivity index (χ1n) is 7.67. The van der Waals surface area contributed by atoms with Crippen molar-refractivity contribution < 1.29 is 9.90 Å². The number of amides is 1. The van der Waals surface area contributed by atoms with E-state index >= 15 is 0 Å². The van der Waals surface area contributed by atoms with E-state index in [-0.39, 0.29) is 42.5 Å². The number of hydrogen-bond donors (Lipinski definition) is 4. The van der Waals surface area contributed by atoms with E-state index < -0.39 is 6.10 Å². The van der Waals surface area contributed by atoms with Gasteiger partial charge in [-0.1, -0.05) is 11.6 Å². The standard InChI is InChI=1S/C15H25ClN4O2S.HI/c1-4-17-15(18-8-7-14(22)20-10(2)3)19-9-11(21)12-5-6-13(16)23-12;/h5-6,10-11,21H,4,7-9H2,1-3H3,(H,20,22)(H2,17,18,19);1H. The Morgan fingerprint density at radius 3 is 2.62 bits per heavy atom. The highest BCUT2D eigenvalue weighted by molar-refractivity contribution is 14.0. The van der Waals surface area contributed by atoms with Crippen molar-refractivity contribution in [3.63, 3.8) is 0 Å². The highest BCUT2D eigenvalue weighted by atomic mass is 127. The minimum absolute atomic E-state index is 0. The van der Waals surface area contributed by atoms with Gasteiger partial charge in [0.2, 0.25) is 5.91 Å². The third kappa shape index (κ3) is 9.65. The summed E-state index contributed by atoms with van der Waals surface area (Å²) in [6, 6.07) is 3.69. The van der Waals surface area contributed by atoms with Crippen LogP contribution in [0.4, 0.5) is 0 Å². The zero-order valence-corrected chi connectivity index (χ0v) is 18.0. The third-order valence-electron chi connectivity index (χ3n) is 2.78. The van der Waals surface area contributed by atoms with Gasteiger partial charge in [-0.25, -0.2) is 0 Å². The molecule has 1 atom stereocenters. The number of nitrogens with zero attached hydrogens (tertiary/aromatic N) is 1. The molecule has 24 heavy (non-hydrogen) atoms. The van der Waals surface area contributed by atoms with Crippen LogP contribution in [0.15, 0.2) is 17.1 Å². The highest BCUT2D eigenvalue weighted by Gasteiger charge is 2.10. The predicted molar refractivity (Wildman–Crippen MR) is 112 cm³/mol. The van der Waals surface area contributed by atoms with Crippen molar-refractivity contribution >= 4 is 58.8 Å². The molecule has 0 saturated heterocycles. The SMILES string of the molecule is CCNC(=NCC(O)c1ccc(Cl)s1)NCCC(=O)NC(C)C.I. The Bertz CT molecular complexity index is 525. The Kier molecular flexibility index (Phi) is 12.4. The molecule has 1 rings (SSSR count). The summed E-state index contributed by atoms with van der Waals surface area (Å²) in [6.07, 6.45) is -0.321. The van der Waals surface area contributed by atoms with Gasteiger partial charge in [0.05, 0.1) is 10.9 Å². The molecule has 9 heteroatoms. The smallest absolute Gasteiger partial charge is 0.221 e. The maximum Gasteiger partial charge on any atom is 0.221 e. The number of aliphatic hydroxyl groups is 1. The van der Waals surface area contributed by atoms with E-state index in [2.05, 4.69) is 20.9 Å². The Labute approximate surface area is 169 Å². The number of hydrogen-bond acceptors (Lipinski definition) is 4. The van der Waals surface area contributed by atoms with Gasteiger partial charge in [0.1, 0.15) is 6.10 Å². The molecule has 0 saturated carbocycles. The van der Waals surface area contributed by atoms with E-state index in [1.165, 1.54) is 11.3 Å². The molecule has 1 unspecified atom stereocenters. The van der Waals surface area contributed by atoms with Gasteiger partial charge in [0, 0.05) is 30.4 Å². The summed E-state index contributed by atoms with van der Waals surface area (Å²) in [4.78, 5) is 16.7. The van der Waals surface area contributed by atoms with Gasteiger partial charge >= 0.3 is 0 Å². The molecule has 0 aliphatic carbocycles. The lowest BCUT2D eigenvalue weighted by Gasteiger charge is -2.13. The zero-order chi connectivity index (χ0) is 17.2. The fourth-order valence-corrected chi connectivity index (χ4v) is 2.84. The molecule has 1 heterocycles. The molecule has 1 amide bonds. The summed E-state index contributed by atoms with van der Waals surface area (Å²) in [7, 11) is 0. The molecule has 0 aliphatic heterocycles. The zero-order valence-electron chi connectivity index (χ0n) is 14.1. The summed E-state index contributed by atoms with van der Waals surface area (Å²) in [5.41, 5.74) is 0. The van der Waals surface area contributed by atoms with Crippen molar-refractivity contribution in [2.24, 2.45) is 4.99 Å². The van der Waals surface area contributed by atoms with Crippen LogP contribution in [0.3, 0.4) is 0 Å². The molecule has 1 aromatic heterocycles. The lowest BCUT2D eigenvalue weighted by Crippen LogP contribution is -2.40. The first-order valence-corrected chi connectivity index (χ1v) is 8.86. The van der Waals surface area contributed by atoms with Crippen LogP contribution in [0.5, 0.6) is 0 Å². The Morgan fingerprint density at radius 1 is 1.38 bits per heavy atom. The first-order chi connectivity index (χ1) is 10.9. The molecule has 0 aliphatic rings. The molecule has 0 fully saturated rings. The number of halogens is 2. The summed E-state index contributed by atoms with van der Waals surface area (Å²) in [5.74, 6) is 0.572. The number of rotatable bonds is 8. The average Bonchev–Trinajstić information content (AvgIpc) is 2.90. The number of carbonyl (C=O) groups excluding carboxylic acids is 1. The Hall–Kier alpha value is -0.580. The van der Waals surface area contributed by atoms with Crippen LogP contribution in [0.2, 0.25) is 4.34 Å². The van der Waals surface area contributed by atoms with Gasteiger partial charge in [-0.3, -0.25) is 9.79 Å². The van der Waals surface area contributed by atoms with E-state index in [4.69, 9.17) is 11.6 Å². The fraction of sp³-hybridized carbons (Fsp3) is 0.600. The van der Waals surface area contributed by atoms with E-state index in [1.807, 2.05) is 20.8 Å². The molecule has 1 aromatic rings. The van der Waals surface area contributed by atoms with E-state index in [0.717, 1.165) is 4.88 Å². The van der Waals surface area contributed by atoms with E-state index in [1.54, 1.807) is 12.1 Å². The van der Waals surface area contributed by atoms with Gasteiger partial charge in [-0.05, 0) is 32.9 Å². The highest BCUT2D eigenvalue weighted by Crippen LogP contribution is 2.26. The van der Waals surface area contributed by atoms with Crippen LogP contribution < -0.4 is 16.0 Å². The molecule has 0 spiro atoms. The van der Waals surface area contributed by atoms with Crippen molar-refractivity contribution in [1.29, 1.82) is 0 Å². The van der Waals surface area contributed by atoms with Crippen LogP contribution >= 0.6 is 46.9 Å². The van der Waals surface area contributed by atoms with Crippen molar-refractivity contribution in [1.82, 2.24) is 16.0 Å². The van der Waals surface area contributed by atoms with Gasteiger partial charge in [0.15, 0.2) is 5.96 Å². The lowest BCUT2D eigenvalue weighted by molar-refractivity contribution is -0.121. The van der Waals surface area contributed by atoms with Crippen LogP contribution in [0, 0.1) is 0 Å². The van der Waals surface area contributed by atoms with Gasteiger partial charge < -0.3 is 21.1 Å². The summed E-state index contributed by atoms with van der Waals surface area (Å²) >= 11 is 7.20. The largest absolute Gasteiger partial charge is 0.386 e. The van der Waals surface area contributed by atoms with Crippen molar-refractivity contribution in [3.05, 3.63) is 21.3 Å². The third-order valence-corrected chi connectivity index (χ3v) is 4.12. The van der Waals surface area contributed by atoms with Crippen LogP contribution in [-0.2, 0) is 4.79 Å². The molecule has 138 valence electrons. The maximum atomic E-state index is 11.6. The molecule has 6 nitrogen and oxygen atoms in total.